The first-order valence-corrected chi connectivity index (χ1v) is 8.91. The van der Waals surface area contributed by atoms with Gasteiger partial charge in [0.1, 0.15) is 0 Å². The van der Waals surface area contributed by atoms with E-state index in [1.807, 2.05) is 0 Å². The summed E-state index contributed by atoms with van der Waals surface area (Å²) in [4.78, 5) is 0. The van der Waals surface area contributed by atoms with Crippen molar-refractivity contribution >= 4 is 0 Å². The largest absolute Gasteiger partial charge is 0.316 e. The second kappa shape index (κ2) is 6.52. The van der Waals surface area contributed by atoms with Crippen molar-refractivity contribution in [3.05, 3.63) is 35.9 Å². The highest BCUT2D eigenvalue weighted by Crippen LogP contribution is 2.61. The normalized spacial score (nSPS) is 30.6. The number of hydrogen-bond acceptors (Lipinski definition) is 1. The standard InChI is InChI=1S/C20H31N/c1-16(2)14-21-15-20(12-18-11-19(18)13-20)10-6-9-17-7-4-3-5-8-17/h3-5,7-8,16,18-19,21H,6,9-15H2,1-2H3. The van der Waals surface area contributed by atoms with Gasteiger partial charge in [-0.1, -0.05) is 44.2 Å². The Balaban J connectivity index is 1.48. The molecule has 0 heterocycles. The summed E-state index contributed by atoms with van der Waals surface area (Å²) < 4.78 is 0. The van der Waals surface area contributed by atoms with Crippen molar-refractivity contribution in [2.45, 2.75) is 52.4 Å². The van der Waals surface area contributed by atoms with Gasteiger partial charge in [0.15, 0.2) is 0 Å². The van der Waals surface area contributed by atoms with E-state index in [2.05, 4.69) is 49.5 Å². The van der Waals surface area contributed by atoms with Gasteiger partial charge in [0.05, 0.1) is 0 Å². The molecule has 0 aliphatic heterocycles. The van der Waals surface area contributed by atoms with Gasteiger partial charge in [-0.3, -0.25) is 0 Å². The molecule has 21 heavy (non-hydrogen) atoms. The van der Waals surface area contributed by atoms with Crippen molar-refractivity contribution in [2.75, 3.05) is 13.1 Å². The zero-order valence-electron chi connectivity index (χ0n) is 13.8. The van der Waals surface area contributed by atoms with Crippen LogP contribution in [0.5, 0.6) is 0 Å². The van der Waals surface area contributed by atoms with Crippen LogP contribution in [0.3, 0.4) is 0 Å². The van der Waals surface area contributed by atoms with E-state index in [-0.39, 0.29) is 0 Å². The monoisotopic (exact) mass is 285 g/mol. The summed E-state index contributed by atoms with van der Waals surface area (Å²) >= 11 is 0. The van der Waals surface area contributed by atoms with E-state index < -0.39 is 0 Å². The minimum absolute atomic E-state index is 0.622. The molecule has 3 rings (SSSR count). The Labute approximate surface area is 130 Å². The quantitative estimate of drug-likeness (QED) is 0.732. The highest BCUT2D eigenvalue weighted by Gasteiger charge is 2.52. The second-order valence-corrected chi connectivity index (χ2v) is 8.03. The van der Waals surface area contributed by atoms with Gasteiger partial charge in [-0.25, -0.2) is 0 Å². The molecule has 2 aliphatic carbocycles. The lowest BCUT2D eigenvalue weighted by Crippen LogP contribution is -2.35. The molecule has 0 aromatic heterocycles. The zero-order chi connectivity index (χ0) is 14.7. The highest BCUT2D eigenvalue weighted by atomic mass is 14.9. The van der Waals surface area contributed by atoms with Crippen molar-refractivity contribution in [1.29, 1.82) is 0 Å². The third-order valence-electron chi connectivity index (χ3n) is 5.53. The van der Waals surface area contributed by atoms with E-state index in [9.17, 15) is 0 Å². The van der Waals surface area contributed by atoms with E-state index in [1.165, 1.54) is 57.2 Å². The molecule has 1 nitrogen and oxygen atoms in total. The Hall–Kier alpha value is -0.820. The lowest BCUT2D eigenvalue weighted by Gasteiger charge is -2.32. The van der Waals surface area contributed by atoms with Crippen molar-refractivity contribution in [1.82, 2.24) is 5.32 Å². The van der Waals surface area contributed by atoms with Crippen LogP contribution >= 0.6 is 0 Å². The first kappa shape index (κ1) is 15.1. The van der Waals surface area contributed by atoms with Crippen molar-refractivity contribution < 1.29 is 0 Å². The molecule has 0 bridgehead atoms. The molecule has 2 fully saturated rings. The van der Waals surface area contributed by atoms with Crippen LogP contribution in [0.2, 0.25) is 0 Å². The molecule has 1 heteroatoms. The predicted molar refractivity (Wildman–Crippen MR) is 90.4 cm³/mol. The molecule has 0 amide bonds. The van der Waals surface area contributed by atoms with Crippen LogP contribution < -0.4 is 5.32 Å². The van der Waals surface area contributed by atoms with E-state index in [4.69, 9.17) is 0 Å². The third-order valence-corrected chi connectivity index (χ3v) is 5.53. The molecule has 2 atom stereocenters. The highest BCUT2D eigenvalue weighted by molar-refractivity contribution is 5.14. The Bertz CT molecular complexity index is 426. The van der Waals surface area contributed by atoms with Gasteiger partial charge in [0, 0.05) is 6.54 Å². The molecule has 2 aliphatic rings. The average molecular weight is 285 g/mol. The van der Waals surface area contributed by atoms with Gasteiger partial charge in [-0.05, 0) is 73.8 Å². The van der Waals surface area contributed by atoms with E-state index in [0.29, 0.717) is 5.41 Å². The second-order valence-electron chi connectivity index (χ2n) is 8.03. The number of aryl methyl sites for hydroxylation is 1. The summed E-state index contributed by atoms with van der Waals surface area (Å²) in [5, 5.41) is 3.76. The smallest absolute Gasteiger partial charge is 0.000813 e. The Morgan fingerprint density at radius 1 is 1.14 bits per heavy atom. The van der Waals surface area contributed by atoms with Gasteiger partial charge in [-0.15, -0.1) is 0 Å². The molecule has 0 radical (unpaired) electrons. The Morgan fingerprint density at radius 2 is 1.86 bits per heavy atom. The summed E-state index contributed by atoms with van der Waals surface area (Å²) in [5.41, 5.74) is 2.13. The molecular formula is C20H31N. The predicted octanol–water partition coefficient (Wildman–Crippen LogP) is 4.67. The SMILES string of the molecule is CC(C)CNCC1(CCCc2ccccc2)CC2CC2C1. The van der Waals surface area contributed by atoms with E-state index in [1.54, 1.807) is 0 Å². The molecule has 116 valence electrons. The summed E-state index contributed by atoms with van der Waals surface area (Å²) in [6.45, 7) is 7.05. The number of fused-ring (bicyclic) bond motifs is 1. The van der Waals surface area contributed by atoms with Gasteiger partial charge >= 0.3 is 0 Å². The molecule has 0 saturated heterocycles. The maximum Gasteiger partial charge on any atom is 0.000813 e. The summed E-state index contributed by atoms with van der Waals surface area (Å²) in [5.74, 6) is 2.94. The van der Waals surface area contributed by atoms with Crippen LogP contribution in [0.1, 0.15) is 51.5 Å². The molecule has 2 unspecified atom stereocenters. The molecule has 2 saturated carbocycles. The molecule has 1 aromatic rings. The number of hydrogen-bond donors (Lipinski definition) is 1. The third kappa shape index (κ3) is 4.10. The van der Waals surface area contributed by atoms with Crippen LogP contribution in [0.4, 0.5) is 0 Å². The number of rotatable bonds is 8. The molecular weight excluding hydrogens is 254 g/mol. The minimum atomic E-state index is 0.622. The topological polar surface area (TPSA) is 12.0 Å². The number of benzene rings is 1. The van der Waals surface area contributed by atoms with Crippen molar-refractivity contribution in [3.8, 4) is 0 Å². The fourth-order valence-electron chi connectivity index (χ4n) is 4.38. The van der Waals surface area contributed by atoms with Crippen LogP contribution in [0.25, 0.3) is 0 Å². The molecule has 1 N–H and O–H groups in total. The van der Waals surface area contributed by atoms with Crippen LogP contribution in [0.15, 0.2) is 30.3 Å². The average Bonchev–Trinajstić information content (AvgIpc) is 3.07. The Morgan fingerprint density at radius 3 is 2.52 bits per heavy atom. The lowest BCUT2D eigenvalue weighted by molar-refractivity contribution is 0.222. The summed E-state index contributed by atoms with van der Waals surface area (Å²) in [7, 11) is 0. The Kier molecular flexibility index (Phi) is 4.69. The fraction of sp³-hybridized carbons (Fsp3) is 0.700. The maximum absolute atomic E-state index is 3.76. The van der Waals surface area contributed by atoms with E-state index >= 15 is 0 Å². The zero-order valence-corrected chi connectivity index (χ0v) is 13.8. The number of nitrogens with one attached hydrogen (secondary N) is 1. The first-order valence-electron chi connectivity index (χ1n) is 8.91. The summed E-state index contributed by atoms with van der Waals surface area (Å²) in [6, 6.07) is 11.0. The first-order chi connectivity index (χ1) is 10.2. The summed E-state index contributed by atoms with van der Waals surface area (Å²) in [6.07, 6.45) is 8.55. The molecule has 1 aromatic carbocycles. The van der Waals surface area contributed by atoms with Crippen LogP contribution in [0, 0.1) is 23.2 Å². The van der Waals surface area contributed by atoms with E-state index in [0.717, 1.165) is 17.8 Å². The van der Waals surface area contributed by atoms with Crippen molar-refractivity contribution in [2.24, 2.45) is 23.2 Å². The van der Waals surface area contributed by atoms with Gasteiger partial charge < -0.3 is 5.32 Å². The lowest BCUT2D eigenvalue weighted by atomic mass is 9.78. The fourth-order valence-corrected chi connectivity index (χ4v) is 4.38. The minimum Gasteiger partial charge on any atom is -0.316 e. The van der Waals surface area contributed by atoms with Crippen LogP contribution in [-0.4, -0.2) is 13.1 Å². The maximum atomic E-state index is 3.76. The van der Waals surface area contributed by atoms with Crippen LogP contribution in [-0.2, 0) is 6.42 Å². The van der Waals surface area contributed by atoms with Gasteiger partial charge in [0.2, 0.25) is 0 Å². The van der Waals surface area contributed by atoms with Gasteiger partial charge in [0.25, 0.3) is 0 Å². The van der Waals surface area contributed by atoms with Crippen molar-refractivity contribution in [3.63, 3.8) is 0 Å². The molecule has 0 spiro atoms. The van der Waals surface area contributed by atoms with Gasteiger partial charge in [-0.2, -0.15) is 0 Å².